The van der Waals surface area contributed by atoms with Gasteiger partial charge in [0, 0.05) is 24.8 Å². The Balaban J connectivity index is 1.71. The molecule has 1 saturated heterocycles. The molecule has 1 atom stereocenters. The summed E-state index contributed by atoms with van der Waals surface area (Å²) in [4.78, 5) is 18.8. The Morgan fingerprint density at radius 3 is 3.04 bits per heavy atom. The molecule has 138 valence electrons. The van der Waals surface area contributed by atoms with Crippen molar-refractivity contribution in [2.24, 2.45) is 5.92 Å². The number of nitrogen functional groups attached to an aromatic ring is 1. The van der Waals surface area contributed by atoms with Gasteiger partial charge < -0.3 is 16.0 Å². The summed E-state index contributed by atoms with van der Waals surface area (Å²) in [6, 6.07) is 4.05. The summed E-state index contributed by atoms with van der Waals surface area (Å²) in [5, 5.41) is 13.0. The molecule has 0 saturated carbocycles. The number of nitrogens with zero attached hydrogens (tertiary/aromatic N) is 6. The van der Waals surface area contributed by atoms with Gasteiger partial charge in [-0.05, 0) is 19.8 Å². The number of rotatable bonds is 3. The van der Waals surface area contributed by atoms with Gasteiger partial charge in [-0.3, -0.25) is 0 Å². The summed E-state index contributed by atoms with van der Waals surface area (Å²) in [5.74, 6) is 0.583. The summed E-state index contributed by atoms with van der Waals surface area (Å²) in [6.45, 7) is 3.22. The lowest BCUT2D eigenvalue weighted by atomic mass is 10.0. The number of hydrogen-bond donors (Lipinski definition) is 2. The monoisotopic (exact) mass is 384 g/mol. The Morgan fingerprint density at radius 1 is 1.41 bits per heavy atom. The number of aryl methyl sites for hydroxylation is 1. The number of nitrogens with two attached hydrogens (primary N) is 1. The van der Waals surface area contributed by atoms with Crippen LogP contribution in [0.5, 0.6) is 0 Å². The van der Waals surface area contributed by atoms with Crippen LogP contribution in [-0.4, -0.2) is 33.0 Å². The molecule has 0 radical (unpaired) electrons. The highest BCUT2D eigenvalue weighted by molar-refractivity contribution is 7.22. The van der Waals surface area contributed by atoms with E-state index in [2.05, 4.69) is 31.3 Å². The van der Waals surface area contributed by atoms with Crippen LogP contribution in [0.1, 0.15) is 18.5 Å². The molecule has 0 spiro atoms. The van der Waals surface area contributed by atoms with Crippen LogP contribution in [0.15, 0.2) is 12.3 Å². The fourth-order valence-corrected chi connectivity index (χ4v) is 4.18. The highest BCUT2D eigenvalue weighted by atomic mass is 32.1. The van der Waals surface area contributed by atoms with Gasteiger partial charge in [-0.2, -0.15) is 10.2 Å². The standard InChI is InChI=1S/C17H17FN8S/c1-9-5-12(24-16(20)22-9)23-15-14-13(11(18)7-21-15)25-17(27-14)26-4-2-3-10(6-19)8-26/h5,7,10H,2-4,8H2,1H3,(H3,20,21,22,23,24). The van der Waals surface area contributed by atoms with E-state index in [-0.39, 0.29) is 17.4 Å². The van der Waals surface area contributed by atoms with Crippen LogP contribution in [-0.2, 0) is 0 Å². The number of hydrogen-bond acceptors (Lipinski definition) is 9. The van der Waals surface area contributed by atoms with Crippen molar-refractivity contribution in [2.45, 2.75) is 19.8 Å². The predicted octanol–water partition coefficient (Wildman–Crippen LogP) is 2.99. The Hall–Kier alpha value is -3.06. The minimum Gasteiger partial charge on any atom is -0.368 e. The largest absolute Gasteiger partial charge is 0.368 e. The quantitative estimate of drug-likeness (QED) is 0.708. The second-order valence-corrected chi connectivity index (χ2v) is 7.40. The second-order valence-electron chi connectivity index (χ2n) is 6.42. The maximum Gasteiger partial charge on any atom is 0.222 e. The maximum absolute atomic E-state index is 14.3. The highest BCUT2D eigenvalue weighted by Crippen LogP contribution is 2.36. The van der Waals surface area contributed by atoms with E-state index in [0.717, 1.165) is 25.6 Å². The Morgan fingerprint density at radius 2 is 2.26 bits per heavy atom. The number of fused-ring (bicyclic) bond motifs is 1. The van der Waals surface area contributed by atoms with Crippen LogP contribution in [0.4, 0.5) is 27.1 Å². The van der Waals surface area contributed by atoms with Crippen molar-refractivity contribution < 1.29 is 4.39 Å². The third-order valence-electron chi connectivity index (χ3n) is 4.36. The van der Waals surface area contributed by atoms with E-state index in [1.807, 2.05) is 11.8 Å². The van der Waals surface area contributed by atoms with Crippen molar-refractivity contribution in [2.75, 3.05) is 29.0 Å². The number of nitrogens with one attached hydrogen (secondary N) is 1. The van der Waals surface area contributed by atoms with E-state index in [1.54, 1.807) is 6.07 Å². The normalized spacial score (nSPS) is 17.1. The van der Waals surface area contributed by atoms with Crippen molar-refractivity contribution >= 4 is 44.3 Å². The molecule has 3 aromatic rings. The van der Waals surface area contributed by atoms with Crippen molar-refractivity contribution in [3.63, 3.8) is 0 Å². The zero-order valence-electron chi connectivity index (χ0n) is 14.6. The molecule has 3 aromatic heterocycles. The molecule has 0 bridgehead atoms. The van der Waals surface area contributed by atoms with E-state index in [0.29, 0.717) is 33.7 Å². The molecule has 10 heteroatoms. The fourth-order valence-electron chi connectivity index (χ4n) is 3.13. The molecule has 0 aliphatic carbocycles. The number of aromatic nitrogens is 4. The first-order valence-electron chi connectivity index (χ1n) is 8.51. The molecule has 1 aliphatic heterocycles. The minimum absolute atomic E-state index is 0.0294. The molecular formula is C17H17FN8S. The van der Waals surface area contributed by atoms with E-state index >= 15 is 0 Å². The predicted molar refractivity (Wildman–Crippen MR) is 102 cm³/mol. The number of thiazole rings is 1. The van der Waals surface area contributed by atoms with Gasteiger partial charge in [0.15, 0.2) is 16.8 Å². The van der Waals surface area contributed by atoms with Crippen LogP contribution in [0.2, 0.25) is 0 Å². The molecule has 0 amide bonds. The molecule has 4 rings (SSSR count). The molecule has 1 aliphatic rings. The maximum atomic E-state index is 14.3. The zero-order chi connectivity index (χ0) is 19.0. The summed E-state index contributed by atoms with van der Waals surface area (Å²) >= 11 is 1.35. The van der Waals surface area contributed by atoms with Crippen LogP contribution in [0.25, 0.3) is 10.2 Å². The van der Waals surface area contributed by atoms with E-state index in [4.69, 9.17) is 5.73 Å². The van der Waals surface area contributed by atoms with Gasteiger partial charge in [-0.1, -0.05) is 11.3 Å². The van der Waals surface area contributed by atoms with E-state index in [1.165, 1.54) is 11.3 Å². The molecule has 3 N–H and O–H groups in total. The molecule has 27 heavy (non-hydrogen) atoms. The third-order valence-corrected chi connectivity index (χ3v) is 5.48. The van der Waals surface area contributed by atoms with Crippen LogP contribution < -0.4 is 16.0 Å². The van der Waals surface area contributed by atoms with Crippen molar-refractivity contribution in [3.8, 4) is 6.07 Å². The molecule has 1 unspecified atom stereocenters. The van der Waals surface area contributed by atoms with E-state index in [9.17, 15) is 9.65 Å². The summed E-state index contributed by atoms with van der Waals surface area (Å²) in [7, 11) is 0. The Labute approximate surface area is 158 Å². The lowest BCUT2D eigenvalue weighted by molar-refractivity contribution is 0.493. The SMILES string of the molecule is Cc1cc(Nc2ncc(F)c3nc(N4CCCC(C#N)C4)sc23)nc(N)n1. The Kier molecular flexibility index (Phi) is 4.45. The number of halogens is 1. The number of anilines is 4. The van der Waals surface area contributed by atoms with Gasteiger partial charge in [0.25, 0.3) is 0 Å². The number of nitriles is 1. The lowest BCUT2D eigenvalue weighted by Crippen LogP contribution is -2.34. The lowest BCUT2D eigenvalue weighted by Gasteiger charge is -2.28. The first-order valence-corrected chi connectivity index (χ1v) is 9.33. The first-order chi connectivity index (χ1) is 13.0. The minimum atomic E-state index is -0.481. The van der Waals surface area contributed by atoms with Crippen molar-refractivity contribution in [3.05, 3.63) is 23.8 Å². The Bertz CT molecular complexity index is 1020. The van der Waals surface area contributed by atoms with Gasteiger partial charge in [-0.15, -0.1) is 0 Å². The smallest absolute Gasteiger partial charge is 0.222 e. The van der Waals surface area contributed by atoms with Crippen LogP contribution in [0, 0.1) is 30.0 Å². The van der Waals surface area contributed by atoms with E-state index < -0.39 is 5.82 Å². The van der Waals surface area contributed by atoms with Gasteiger partial charge >= 0.3 is 0 Å². The molecule has 8 nitrogen and oxygen atoms in total. The second kappa shape index (κ2) is 6.92. The van der Waals surface area contributed by atoms with Crippen molar-refractivity contribution in [1.29, 1.82) is 5.26 Å². The topological polar surface area (TPSA) is 117 Å². The summed E-state index contributed by atoms with van der Waals surface area (Å²) in [6.07, 6.45) is 2.94. The van der Waals surface area contributed by atoms with Crippen LogP contribution in [0.3, 0.4) is 0 Å². The highest BCUT2D eigenvalue weighted by Gasteiger charge is 2.24. The van der Waals surface area contributed by atoms with Gasteiger partial charge in [0.05, 0.1) is 18.2 Å². The number of pyridine rings is 1. The fraction of sp³-hybridized carbons (Fsp3) is 0.353. The molecule has 1 fully saturated rings. The van der Waals surface area contributed by atoms with Crippen molar-refractivity contribution in [1.82, 2.24) is 19.9 Å². The average Bonchev–Trinajstić information content (AvgIpc) is 3.10. The van der Waals surface area contributed by atoms with Gasteiger partial charge in [0.2, 0.25) is 5.95 Å². The van der Waals surface area contributed by atoms with Gasteiger partial charge in [0.1, 0.15) is 16.0 Å². The van der Waals surface area contributed by atoms with Crippen LogP contribution >= 0.6 is 11.3 Å². The molecule has 4 heterocycles. The summed E-state index contributed by atoms with van der Waals surface area (Å²) < 4.78 is 14.9. The molecule has 0 aromatic carbocycles. The summed E-state index contributed by atoms with van der Waals surface area (Å²) in [5.41, 5.74) is 6.66. The van der Waals surface area contributed by atoms with Gasteiger partial charge in [-0.25, -0.2) is 19.3 Å². The molecular weight excluding hydrogens is 367 g/mol. The third kappa shape index (κ3) is 3.46. The number of piperidine rings is 1. The zero-order valence-corrected chi connectivity index (χ0v) is 15.4. The first kappa shape index (κ1) is 17.4. The average molecular weight is 384 g/mol.